The third-order valence-corrected chi connectivity index (χ3v) is 4.25. The van der Waals surface area contributed by atoms with Gasteiger partial charge in [-0.25, -0.2) is 4.99 Å². The molecule has 2 aromatic rings. The summed E-state index contributed by atoms with van der Waals surface area (Å²) in [5, 5.41) is 14.2. The Balaban J connectivity index is 1.88. The fraction of sp³-hybridized carbons (Fsp3) is 0.0588. The summed E-state index contributed by atoms with van der Waals surface area (Å²) in [5.41, 5.74) is 2.20. The van der Waals surface area contributed by atoms with Gasteiger partial charge in [-0.05, 0) is 43.0 Å². The van der Waals surface area contributed by atoms with Crippen LogP contribution in [0, 0.1) is 17.0 Å². The molecular formula is C17H13N3O3S. The molecule has 0 radical (unpaired) electrons. The Hall–Kier alpha value is -2.93. The van der Waals surface area contributed by atoms with Gasteiger partial charge in [0.1, 0.15) is 0 Å². The molecule has 0 atom stereocenters. The van der Waals surface area contributed by atoms with Crippen molar-refractivity contribution in [2.45, 2.75) is 6.92 Å². The Morgan fingerprint density at radius 3 is 2.58 bits per heavy atom. The van der Waals surface area contributed by atoms with Crippen molar-refractivity contribution in [1.82, 2.24) is 5.32 Å². The minimum atomic E-state index is -0.467. The highest BCUT2D eigenvalue weighted by molar-refractivity contribution is 8.18. The van der Waals surface area contributed by atoms with Gasteiger partial charge in [-0.3, -0.25) is 14.9 Å². The minimum Gasteiger partial charge on any atom is -0.300 e. The predicted molar refractivity (Wildman–Crippen MR) is 95.1 cm³/mol. The third-order valence-electron chi connectivity index (χ3n) is 3.34. The summed E-state index contributed by atoms with van der Waals surface area (Å²) in [6, 6.07) is 13.9. The monoisotopic (exact) mass is 339 g/mol. The van der Waals surface area contributed by atoms with Crippen LogP contribution in [0.2, 0.25) is 0 Å². The van der Waals surface area contributed by atoms with E-state index >= 15 is 0 Å². The Kier molecular flexibility index (Phi) is 4.43. The van der Waals surface area contributed by atoms with Gasteiger partial charge in [-0.2, -0.15) is 0 Å². The number of para-hydroxylation sites is 1. The number of aliphatic imine (C=N–C) groups is 1. The van der Waals surface area contributed by atoms with Gasteiger partial charge < -0.3 is 5.32 Å². The van der Waals surface area contributed by atoms with Crippen LogP contribution < -0.4 is 5.32 Å². The second kappa shape index (κ2) is 6.67. The van der Waals surface area contributed by atoms with Crippen LogP contribution in [-0.2, 0) is 4.79 Å². The summed E-state index contributed by atoms with van der Waals surface area (Å²) in [4.78, 5) is 27.4. The lowest BCUT2D eigenvalue weighted by atomic mass is 10.1. The third kappa shape index (κ3) is 3.52. The largest absolute Gasteiger partial charge is 0.300 e. The molecule has 0 saturated carbocycles. The average molecular weight is 339 g/mol. The van der Waals surface area contributed by atoms with Gasteiger partial charge in [0.15, 0.2) is 5.17 Å². The number of amidine groups is 1. The zero-order chi connectivity index (χ0) is 17.1. The lowest BCUT2D eigenvalue weighted by molar-refractivity contribution is -0.385. The van der Waals surface area contributed by atoms with E-state index < -0.39 is 4.92 Å². The van der Waals surface area contributed by atoms with Gasteiger partial charge in [0, 0.05) is 6.07 Å². The number of nitro benzene ring substituents is 1. The number of carbonyl (C=O) groups excluding carboxylic acids is 1. The van der Waals surface area contributed by atoms with Gasteiger partial charge >= 0.3 is 0 Å². The molecule has 7 heteroatoms. The number of aryl methyl sites for hydroxylation is 1. The minimum absolute atomic E-state index is 0.0395. The number of amides is 1. The Morgan fingerprint density at radius 1 is 1.17 bits per heavy atom. The molecule has 0 aliphatic carbocycles. The van der Waals surface area contributed by atoms with Crippen molar-refractivity contribution >= 4 is 40.3 Å². The van der Waals surface area contributed by atoms with Crippen molar-refractivity contribution < 1.29 is 9.72 Å². The molecule has 0 unspecified atom stereocenters. The van der Waals surface area contributed by atoms with Crippen LogP contribution in [0.3, 0.4) is 0 Å². The smallest absolute Gasteiger partial charge is 0.276 e. The molecule has 1 fully saturated rings. The average Bonchev–Trinajstić information content (AvgIpc) is 2.89. The zero-order valence-electron chi connectivity index (χ0n) is 12.7. The number of nitro groups is 1. The quantitative estimate of drug-likeness (QED) is 0.524. The van der Waals surface area contributed by atoms with E-state index in [1.54, 1.807) is 18.2 Å². The number of hydrogen-bond acceptors (Lipinski definition) is 5. The number of carbonyl (C=O) groups is 1. The number of benzene rings is 2. The van der Waals surface area contributed by atoms with Crippen molar-refractivity contribution in [3.8, 4) is 0 Å². The highest BCUT2D eigenvalue weighted by Crippen LogP contribution is 2.30. The van der Waals surface area contributed by atoms with Crippen LogP contribution in [0.4, 0.5) is 11.4 Å². The first-order chi connectivity index (χ1) is 11.5. The van der Waals surface area contributed by atoms with Crippen LogP contribution in [0.15, 0.2) is 58.4 Å². The lowest BCUT2D eigenvalue weighted by Gasteiger charge is -1.97. The van der Waals surface area contributed by atoms with Crippen molar-refractivity contribution in [3.05, 3.63) is 74.7 Å². The SMILES string of the molecule is Cc1ccc(N=C2NC(=O)/C(=C/c3ccccc3[N+](=O)[O-])S2)cc1. The van der Waals surface area contributed by atoms with E-state index in [0.717, 1.165) is 23.0 Å². The van der Waals surface area contributed by atoms with Gasteiger partial charge in [0.2, 0.25) is 0 Å². The second-order valence-corrected chi connectivity index (χ2v) is 6.16. The van der Waals surface area contributed by atoms with E-state index in [4.69, 9.17) is 0 Å². The van der Waals surface area contributed by atoms with E-state index in [1.165, 1.54) is 12.1 Å². The van der Waals surface area contributed by atoms with E-state index in [9.17, 15) is 14.9 Å². The number of nitrogens with one attached hydrogen (secondary N) is 1. The Bertz CT molecular complexity index is 873. The summed E-state index contributed by atoms with van der Waals surface area (Å²) in [7, 11) is 0. The topological polar surface area (TPSA) is 84.6 Å². The molecule has 6 nitrogen and oxygen atoms in total. The van der Waals surface area contributed by atoms with E-state index in [0.29, 0.717) is 15.6 Å². The summed E-state index contributed by atoms with van der Waals surface area (Å²) in [6.45, 7) is 1.98. The summed E-state index contributed by atoms with van der Waals surface area (Å²) >= 11 is 1.16. The second-order valence-electron chi connectivity index (χ2n) is 5.13. The Morgan fingerprint density at radius 2 is 1.88 bits per heavy atom. The van der Waals surface area contributed by atoms with Crippen LogP contribution in [-0.4, -0.2) is 16.0 Å². The number of nitrogens with zero attached hydrogens (tertiary/aromatic N) is 2. The summed E-state index contributed by atoms with van der Waals surface area (Å²) in [6.07, 6.45) is 1.51. The van der Waals surface area contributed by atoms with Crippen molar-refractivity contribution in [2.75, 3.05) is 0 Å². The van der Waals surface area contributed by atoms with Gasteiger partial charge in [-0.15, -0.1) is 0 Å². The maximum Gasteiger partial charge on any atom is 0.276 e. The molecule has 1 heterocycles. The maximum atomic E-state index is 12.1. The summed E-state index contributed by atoms with van der Waals surface area (Å²) in [5.74, 6) is -0.316. The molecule has 1 N–H and O–H groups in total. The van der Waals surface area contributed by atoms with E-state index in [-0.39, 0.29) is 11.6 Å². The van der Waals surface area contributed by atoms with Gasteiger partial charge in [-0.1, -0.05) is 29.8 Å². The first-order valence-electron chi connectivity index (χ1n) is 7.12. The standard InChI is InChI=1S/C17H13N3O3S/c1-11-6-8-13(9-7-11)18-17-19-16(21)15(24-17)10-12-4-2-3-5-14(12)20(22)23/h2-10H,1H3,(H,18,19,21)/b15-10-. The van der Waals surface area contributed by atoms with Crippen LogP contribution >= 0.6 is 11.8 Å². The first-order valence-corrected chi connectivity index (χ1v) is 7.94. The van der Waals surface area contributed by atoms with Gasteiger partial charge in [0.25, 0.3) is 11.6 Å². The maximum absolute atomic E-state index is 12.1. The molecule has 24 heavy (non-hydrogen) atoms. The molecule has 1 saturated heterocycles. The van der Waals surface area contributed by atoms with E-state index in [1.807, 2.05) is 31.2 Å². The zero-order valence-corrected chi connectivity index (χ0v) is 13.5. The predicted octanol–water partition coefficient (Wildman–Crippen LogP) is 3.79. The molecule has 120 valence electrons. The fourth-order valence-corrected chi connectivity index (χ4v) is 2.97. The molecule has 2 aromatic carbocycles. The molecule has 3 rings (SSSR count). The first kappa shape index (κ1) is 15.9. The number of thioether (sulfide) groups is 1. The van der Waals surface area contributed by atoms with Gasteiger partial charge in [0.05, 0.1) is 21.1 Å². The van der Waals surface area contributed by atoms with Crippen molar-refractivity contribution in [1.29, 1.82) is 0 Å². The molecule has 0 aromatic heterocycles. The van der Waals surface area contributed by atoms with E-state index in [2.05, 4.69) is 10.3 Å². The van der Waals surface area contributed by atoms with Crippen molar-refractivity contribution in [3.63, 3.8) is 0 Å². The Labute approximate surface area is 142 Å². The van der Waals surface area contributed by atoms with Crippen LogP contribution in [0.5, 0.6) is 0 Å². The van der Waals surface area contributed by atoms with Crippen LogP contribution in [0.1, 0.15) is 11.1 Å². The lowest BCUT2D eigenvalue weighted by Crippen LogP contribution is -2.19. The van der Waals surface area contributed by atoms with Crippen LogP contribution in [0.25, 0.3) is 6.08 Å². The number of hydrogen-bond donors (Lipinski definition) is 1. The molecule has 0 spiro atoms. The fourth-order valence-electron chi connectivity index (χ4n) is 2.13. The highest BCUT2D eigenvalue weighted by atomic mass is 32.2. The molecule has 0 bridgehead atoms. The summed E-state index contributed by atoms with van der Waals surface area (Å²) < 4.78 is 0. The molecule has 1 aliphatic rings. The highest BCUT2D eigenvalue weighted by Gasteiger charge is 2.25. The molecular weight excluding hydrogens is 326 g/mol. The molecule has 1 amide bonds. The molecule has 1 aliphatic heterocycles. The normalized spacial score (nSPS) is 17.3. The van der Waals surface area contributed by atoms with Crippen molar-refractivity contribution in [2.24, 2.45) is 4.99 Å². The number of rotatable bonds is 3.